The number of hydrogen-bond acceptors (Lipinski definition) is 2. The molecule has 0 N–H and O–H groups in total. The second kappa shape index (κ2) is 9.42. The quantitative estimate of drug-likeness (QED) is 0.228. The summed E-state index contributed by atoms with van der Waals surface area (Å²) < 4.78 is 11.8. The van der Waals surface area contributed by atoms with Gasteiger partial charge in [0.15, 0.2) is 0 Å². The first kappa shape index (κ1) is 23.9. The molecule has 0 saturated heterocycles. The first-order valence-corrected chi connectivity index (χ1v) is 15.9. The highest BCUT2D eigenvalue weighted by molar-refractivity contribution is 7.04. The van der Waals surface area contributed by atoms with Crippen molar-refractivity contribution in [1.29, 1.82) is 0 Å². The predicted octanol–water partition coefficient (Wildman–Crippen LogP) is 7.27. The third kappa shape index (κ3) is 3.69. The maximum absolute atomic E-state index is 5.91. The van der Waals surface area contributed by atoms with Gasteiger partial charge < -0.3 is 9.47 Å². The van der Waals surface area contributed by atoms with Crippen LogP contribution in [0, 0.1) is 0 Å². The van der Waals surface area contributed by atoms with Crippen LogP contribution in [0.1, 0.15) is 11.1 Å². The molecule has 0 aromatic heterocycles. The van der Waals surface area contributed by atoms with E-state index in [1.165, 1.54) is 65.7 Å². The van der Waals surface area contributed by atoms with E-state index >= 15 is 0 Å². The van der Waals surface area contributed by atoms with E-state index in [9.17, 15) is 0 Å². The van der Waals surface area contributed by atoms with E-state index in [0.29, 0.717) is 13.2 Å². The summed E-state index contributed by atoms with van der Waals surface area (Å²) >= 11 is 0. The first-order valence-electron chi connectivity index (χ1n) is 12.9. The maximum Gasteiger partial charge on any atom is 0.114 e. The van der Waals surface area contributed by atoms with Crippen LogP contribution in [-0.2, 0) is 22.7 Å². The highest BCUT2D eigenvalue weighted by atomic mass is 28.3. The fraction of sp³-hybridized carbons (Fsp3) is 0.176. The molecular formula is C34H32O2Si. The lowest BCUT2D eigenvalue weighted by Crippen LogP contribution is -2.57. The molecule has 37 heavy (non-hydrogen) atoms. The lowest BCUT2D eigenvalue weighted by molar-refractivity contribution is 0.169. The minimum absolute atomic E-state index is 0.523. The van der Waals surface area contributed by atoms with E-state index in [4.69, 9.17) is 9.47 Å². The molecule has 0 atom stereocenters. The zero-order chi connectivity index (χ0) is 25.6. The molecule has 6 rings (SSSR count). The van der Waals surface area contributed by atoms with Crippen LogP contribution in [-0.4, -0.2) is 22.3 Å². The van der Waals surface area contributed by atoms with Crippen LogP contribution < -0.4 is 10.4 Å². The summed E-state index contributed by atoms with van der Waals surface area (Å²) in [6, 6.07) is 35.4. The molecule has 5 aromatic rings. The Bertz CT molecular complexity index is 1600. The summed E-state index contributed by atoms with van der Waals surface area (Å²) in [5.41, 5.74) is 10.2. The number of fused-ring (bicyclic) bond motifs is 2. The van der Waals surface area contributed by atoms with Gasteiger partial charge in [0.05, 0.1) is 13.2 Å². The van der Waals surface area contributed by atoms with Crippen LogP contribution in [0.2, 0.25) is 13.1 Å². The molecule has 1 aliphatic heterocycles. The van der Waals surface area contributed by atoms with Crippen molar-refractivity contribution in [2.24, 2.45) is 0 Å². The van der Waals surface area contributed by atoms with Crippen LogP contribution in [0.15, 0.2) is 97.1 Å². The molecule has 0 aliphatic carbocycles. The summed E-state index contributed by atoms with van der Waals surface area (Å²) in [4.78, 5) is 0. The molecule has 0 fully saturated rings. The van der Waals surface area contributed by atoms with Gasteiger partial charge in [0, 0.05) is 14.2 Å². The Labute approximate surface area is 220 Å². The Balaban J connectivity index is 1.91. The molecule has 3 heteroatoms. The first-order chi connectivity index (χ1) is 18.1. The number of ether oxygens (including phenoxy) is 2. The summed E-state index contributed by atoms with van der Waals surface area (Å²) in [7, 11) is 1.43. The van der Waals surface area contributed by atoms with E-state index in [2.05, 4.69) is 110 Å². The third-order valence-corrected chi connectivity index (χ3v) is 11.4. The monoisotopic (exact) mass is 500 g/mol. The average molecular weight is 501 g/mol. The number of rotatable bonds is 6. The molecule has 5 aromatic carbocycles. The van der Waals surface area contributed by atoms with Crippen LogP contribution >= 0.6 is 0 Å². The molecule has 0 amide bonds. The van der Waals surface area contributed by atoms with E-state index in [-0.39, 0.29) is 0 Å². The lowest BCUT2D eigenvalue weighted by Gasteiger charge is -2.39. The second-order valence-electron chi connectivity index (χ2n) is 10.4. The van der Waals surface area contributed by atoms with E-state index in [1.807, 2.05) is 0 Å². The van der Waals surface area contributed by atoms with Crippen molar-refractivity contribution >= 4 is 29.2 Å². The van der Waals surface area contributed by atoms with Gasteiger partial charge in [-0.1, -0.05) is 110 Å². The fourth-order valence-electron chi connectivity index (χ4n) is 6.41. The molecule has 0 spiro atoms. The molecule has 1 heterocycles. The molecule has 1 aliphatic rings. The van der Waals surface area contributed by atoms with Crippen molar-refractivity contribution in [1.82, 2.24) is 0 Å². The van der Waals surface area contributed by atoms with Gasteiger partial charge in [-0.2, -0.15) is 0 Å². The zero-order valence-corrected chi connectivity index (χ0v) is 23.0. The third-order valence-electron chi connectivity index (χ3n) is 7.89. The van der Waals surface area contributed by atoms with Crippen LogP contribution in [0.5, 0.6) is 0 Å². The molecule has 0 bridgehead atoms. The fourth-order valence-corrected chi connectivity index (χ4v) is 9.90. The standard InChI is InChI=1S/C34H32O2Si/c1-35-21-27-28(22-36-2)32(25-15-9-6-10-16-25)34-33(31(27)24-13-7-5-8-14-24)26-19-11-17-23-18-12-20-29(30(23)26)37(34,3)4/h5-20H,21-22H2,1-4H3. The molecule has 184 valence electrons. The number of methoxy groups -OCH3 is 2. The normalized spacial score (nSPS) is 13.5. The van der Waals surface area contributed by atoms with Gasteiger partial charge in [-0.25, -0.2) is 0 Å². The van der Waals surface area contributed by atoms with E-state index in [0.717, 1.165) is 0 Å². The van der Waals surface area contributed by atoms with Crippen molar-refractivity contribution in [3.05, 3.63) is 108 Å². The minimum Gasteiger partial charge on any atom is -0.380 e. The van der Waals surface area contributed by atoms with Crippen molar-refractivity contribution in [2.45, 2.75) is 26.3 Å². The Hall–Kier alpha value is -3.50. The summed E-state index contributed by atoms with van der Waals surface area (Å²) in [5.74, 6) is 0. The largest absolute Gasteiger partial charge is 0.380 e. The zero-order valence-electron chi connectivity index (χ0n) is 22.0. The SMILES string of the molecule is COCc1c(COC)c(-c2ccccc2)c2c(c1-c1ccccc1)-c1cccc3cccc(c13)[Si]2(C)C. The maximum atomic E-state index is 5.91. The van der Waals surface area contributed by atoms with Crippen LogP contribution in [0.3, 0.4) is 0 Å². The lowest BCUT2D eigenvalue weighted by atomic mass is 9.82. The highest BCUT2D eigenvalue weighted by Gasteiger charge is 2.41. The Morgan fingerprint density at radius 1 is 0.568 bits per heavy atom. The van der Waals surface area contributed by atoms with Crippen LogP contribution in [0.4, 0.5) is 0 Å². The number of benzene rings is 5. The molecule has 0 saturated carbocycles. The summed E-state index contributed by atoms with van der Waals surface area (Å²) in [6.45, 7) is 6.09. The van der Waals surface area contributed by atoms with Crippen molar-refractivity contribution in [3.63, 3.8) is 0 Å². The molecule has 0 radical (unpaired) electrons. The van der Waals surface area contributed by atoms with Crippen molar-refractivity contribution in [2.75, 3.05) is 14.2 Å². The van der Waals surface area contributed by atoms with Gasteiger partial charge in [-0.05, 0) is 65.7 Å². The second-order valence-corrected chi connectivity index (χ2v) is 14.7. The minimum atomic E-state index is -2.16. The molecular weight excluding hydrogens is 468 g/mol. The summed E-state index contributed by atoms with van der Waals surface area (Å²) in [6.07, 6.45) is 0. The van der Waals surface area contributed by atoms with Gasteiger partial charge in [0.25, 0.3) is 0 Å². The van der Waals surface area contributed by atoms with Gasteiger partial charge >= 0.3 is 0 Å². The summed E-state index contributed by atoms with van der Waals surface area (Å²) in [5, 5.41) is 5.73. The van der Waals surface area contributed by atoms with Crippen molar-refractivity contribution in [3.8, 4) is 33.4 Å². The topological polar surface area (TPSA) is 18.5 Å². The Morgan fingerprint density at radius 3 is 1.70 bits per heavy atom. The molecule has 0 unspecified atom stereocenters. The average Bonchev–Trinajstić information content (AvgIpc) is 2.93. The van der Waals surface area contributed by atoms with Gasteiger partial charge in [0.1, 0.15) is 8.07 Å². The van der Waals surface area contributed by atoms with Gasteiger partial charge in [-0.3, -0.25) is 0 Å². The number of hydrogen-bond donors (Lipinski definition) is 0. The predicted molar refractivity (Wildman–Crippen MR) is 158 cm³/mol. The highest BCUT2D eigenvalue weighted by Crippen LogP contribution is 2.46. The van der Waals surface area contributed by atoms with Gasteiger partial charge in [0.2, 0.25) is 0 Å². The van der Waals surface area contributed by atoms with E-state index < -0.39 is 8.07 Å². The van der Waals surface area contributed by atoms with Gasteiger partial charge in [-0.15, -0.1) is 0 Å². The molecule has 2 nitrogen and oxygen atoms in total. The Kier molecular flexibility index (Phi) is 6.08. The van der Waals surface area contributed by atoms with E-state index in [1.54, 1.807) is 14.2 Å². The smallest absolute Gasteiger partial charge is 0.114 e. The Morgan fingerprint density at radius 2 is 1.11 bits per heavy atom. The van der Waals surface area contributed by atoms with Crippen LogP contribution in [0.25, 0.3) is 44.2 Å². The van der Waals surface area contributed by atoms with Crippen molar-refractivity contribution < 1.29 is 9.47 Å².